The van der Waals surface area contributed by atoms with Gasteiger partial charge in [0.1, 0.15) is 40.3 Å². The first kappa shape index (κ1) is 23.1. The summed E-state index contributed by atoms with van der Waals surface area (Å²) in [6, 6.07) is 10.7. The summed E-state index contributed by atoms with van der Waals surface area (Å²) in [5.74, 6) is -0.621. The second kappa shape index (κ2) is 8.37. The van der Waals surface area contributed by atoms with E-state index >= 15 is 0 Å². The number of halogens is 4. The zero-order valence-electron chi connectivity index (χ0n) is 19.0. The highest BCUT2D eigenvalue weighted by molar-refractivity contribution is 6.06. The Morgan fingerprint density at radius 1 is 1.11 bits per heavy atom. The van der Waals surface area contributed by atoms with Crippen LogP contribution >= 0.6 is 0 Å². The fourth-order valence-corrected chi connectivity index (χ4v) is 4.60. The number of aliphatic hydroxyl groups is 1. The molecule has 5 heterocycles. The normalized spacial score (nSPS) is 15.4. The number of carbonyl (C=O) groups excluding carboxylic acids is 1. The lowest BCUT2D eigenvalue weighted by atomic mass is 10.2. The quantitative estimate of drug-likeness (QED) is 0.343. The first-order chi connectivity index (χ1) is 17.7. The van der Waals surface area contributed by atoms with E-state index in [4.69, 9.17) is 0 Å². The minimum absolute atomic E-state index is 0.0361. The summed E-state index contributed by atoms with van der Waals surface area (Å²) in [7, 11) is 0. The molecule has 0 spiro atoms. The smallest absolute Gasteiger partial charge is 0.385 e. The second-order valence-electron chi connectivity index (χ2n) is 8.80. The van der Waals surface area contributed by atoms with Gasteiger partial charge in [-0.05, 0) is 48.4 Å². The number of nitrogens with one attached hydrogen (secondary N) is 1. The number of aliphatic hydroxyl groups excluding tert-OH is 1. The van der Waals surface area contributed by atoms with Crippen molar-refractivity contribution in [1.29, 1.82) is 0 Å². The average Bonchev–Trinajstić information content (AvgIpc) is 3.51. The van der Waals surface area contributed by atoms with Crippen molar-refractivity contribution >= 4 is 33.8 Å². The summed E-state index contributed by atoms with van der Waals surface area (Å²) in [6.45, 7) is 0.500. The van der Waals surface area contributed by atoms with Crippen molar-refractivity contribution in [3.63, 3.8) is 0 Å². The zero-order chi connectivity index (χ0) is 25.9. The van der Waals surface area contributed by atoms with Gasteiger partial charge in [-0.25, -0.2) is 19.3 Å². The Labute approximate surface area is 206 Å². The van der Waals surface area contributed by atoms with E-state index in [1.807, 2.05) is 4.57 Å². The summed E-state index contributed by atoms with van der Waals surface area (Å²) in [5, 5.41) is 13.1. The van der Waals surface area contributed by atoms with Crippen LogP contribution in [-0.4, -0.2) is 35.1 Å². The molecule has 1 amide bonds. The van der Waals surface area contributed by atoms with E-state index in [0.29, 0.717) is 46.6 Å². The number of anilines is 1. The van der Waals surface area contributed by atoms with Crippen molar-refractivity contribution in [3.8, 4) is 0 Å². The molecule has 0 bridgehead atoms. The summed E-state index contributed by atoms with van der Waals surface area (Å²) in [6.07, 6.45) is -3.36. The van der Waals surface area contributed by atoms with Gasteiger partial charge in [0.2, 0.25) is 0 Å². The molecule has 2 N–H and O–H groups in total. The molecule has 4 aromatic heterocycles. The maximum absolute atomic E-state index is 13.8. The Bertz CT molecular complexity index is 1690. The number of fused-ring (bicyclic) bond motifs is 4. The molecular formula is C25H18F4N6O2. The highest BCUT2D eigenvalue weighted by atomic mass is 19.4. The van der Waals surface area contributed by atoms with E-state index in [-0.39, 0.29) is 17.9 Å². The fraction of sp³-hybridized carbons (Fsp3) is 0.200. The third kappa shape index (κ3) is 4.08. The van der Waals surface area contributed by atoms with E-state index in [1.165, 1.54) is 41.1 Å². The standard InChI is InChI=1S/C25H18F4N6O2/c26-15-3-1-2-13(8-15)12-35-18(9-14-4-5-20(25(27,28)29)33-21(14)35)24(37)31-16-10-17-22(30-11-16)34-7-6-19(36)23(34)32-17/h1-5,8-11,19,36H,6-7,12H2,(H,31,37). The summed E-state index contributed by atoms with van der Waals surface area (Å²) in [5.41, 5.74) is 0.702. The number of amides is 1. The number of hydrogen-bond donors (Lipinski definition) is 2. The van der Waals surface area contributed by atoms with Crippen LogP contribution in [0.3, 0.4) is 0 Å². The fourth-order valence-electron chi connectivity index (χ4n) is 4.60. The van der Waals surface area contributed by atoms with Crippen LogP contribution in [-0.2, 0) is 19.3 Å². The third-order valence-electron chi connectivity index (χ3n) is 6.29. The van der Waals surface area contributed by atoms with Crippen molar-refractivity contribution in [2.75, 3.05) is 5.32 Å². The van der Waals surface area contributed by atoms with Gasteiger partial charge in [0.15, 0.2) is 5.65 Å². The highest BCUT2D eigenvalue weighted by Gasteiger charge is 2.33. The molecule has 1 unspecified atom stereocenters. The summed E-state index contributed by atoms with van der Waals surface area (Å²) in [4.78, 5) is 25.9. The molecule has 1 atom stereocenters. The summed E-state index contributed by atoms with van der Waals surface area (Å²) < 4.78 is 57.0. The van der Waals surface area contributed by atoms with Gasteiger partial charge in [-0.15, -0.1) is 0 Å². The summed E-state index contributed by atoms with van der Waals surface area (Å²) >= 11 is 0. The van der Waals surface area contributed by atoms with Crippen LogP contribution in [0.5, 0.6) is 0 Å². The van der Waals surface area contributed by atoms with Crippen molar-refractivity contribution in [1.82, 2.24) is 24.1 Å². The Balaban J connectivity index is 1.39. The molecule has 0 saturated heterocycles. The molecule has 1 aliphatic rings. The third-order valence-corrected chi connectivity index (χ3v) is 6.29. The molecule has 1 aliphatic heterocycles. The molecule has 37 heavy (non-hydrogen) atoms. The van der Waals surface area contributed by atoms with Gasteiger partial charge in [0.25, 0.3) is 5.91 Å². The molecule has 5 aromatic rings. The maximum Gasteiger partial charge on any atom is 0.433 e. The van der Waals surface area contributed by atoms with Gasteiger partial charge >= 0.3 is 6.18 Å². The molecule has 12 heteroatoms. The number of nitrogens with zero attached hydrogens (tertiary/aromatic N) is 5. The topological polar surface area (TPSA) is 97.9 Å². The Morgan fingerprint density at radius 3 is 2.73 bits per heavy atom. The minimum Gasteiger partial charge on any atom is -0.385 e. The average molecular weight is 510 g/mol. The first-order valence-electron chi connectivity index (χ1n) is 11.3. The molecular weight excluding hydrogens is 492 g/mol. The number of carbonyl (C=O) groups is 1. The number of aromatic nitrogens is 5. The van der Waals surface area contributed by atoms with Gasteiger partial charge < -0.3 is 19.6 Å². The van der Waals surface area contributed by atoms with Gasteiger partial charge in [-0.3, -0.25) is 4.79 Å². The molecule has 0 saturated carbocycles. The van der Waals surface area contributed by atoms with E-state index in [9.17, 15) is 27.5 Å². The largest absolute Gasteiger partial charge is 0.433 e. The monoisotopic (exact) mass is 510 g/mol. The number of hydrogen-bond acceptors (Lipinski definition) is 5. The van der Waals surface area contributed by atoms with E-state index in [2.05, 4.69) is 20.3 Å². The molecule has 0 fully saturated rings. The lowest BCUT2D eigenvalue weighted by Crippen LogP contribution is -2.18. The lowest BCUT2D eigenvalue weighted by Gasteiger charge is -2.12. The van der Waals surface area contributed by atoms with Crippen molar-refractivity contribution in [2.45, 2.75) is 31.8 Å². The van der Waals surface area contributed by atoms with Gasteiger partial charge in [0, 0.05) is 18.5 Å². The molecule has 1 aromatic carbocycles. The van der Waals surface area contributed by atoms with Gasteiger partial charge in [0.05, 0.1) is 11.9 Å². The minimum atomic E-state index is -4.68. The number of benzene rings is 1. The first-order valence-corrected chi connectivity index (χ1v) is 11.3. The van der Waals surface area contributed by atoms with Crippen molar-refractivity contribution in [2.24, 2.45) is 0 Å². The SMILES string of the molecule is O=C(Nc1cnc2c(c1)nc1n2CCC1O)c1cc2ccc(C(F)(F)F)nc2n1Cc1cccc(F)c1. The lowest BCUT2D eigenvalue weighted by molar-refractivity contribution is -0.141. The Hall–Kier alpha value is -4.32. The molecule has 6 rings (SSSR count). The predicted octanol–water partition coefficient (Wildman–Crippen LogP) is 4.68. The van der Waals surface area contributed by atoms with Crippen LogP contribution in [0.25, 0.3) is 22.2 Å². The van der Waals surface area contributed by atoms with Crippen LogP contribution in [0.4, 0.5) is 23.2 Å². The number of alkyl halides is 3. The van der Waals surface area contributed by atoms with E-state index in [0.717, 1.165) is 6.07 Å². The Morgan fingerprint density at radius 2 is 1.95 bits per heavy atom. The number of pyridine rings is 2. The highest BCUT2D eigenvalue weighted by Crippen LogP contribution is 2.32. The number of rotatable bonds is 4. The molecule has 188 valence electrons. The number of aryl methyl sites for hydroxylation is 1. The van der Waals surface area contributed by atoms with Gasteiger partial charge in [-0.1, -0.05) is 12.1 Å². The van der Waals surface area contributed by atoms with E-state index in [1.54, 1.807) is 12.1 Å². The molecule has 0 aliphatic carbocycles. The van der Waals surface area contributed by atoms with Crippen LogP contribution in [0.15, 0.2) is 54.7 Å². The van der Waals surface area contributed by atoms with Crippen LogP contribution in [0.2, 0.25) is 0 Å². The van der Waals surface area contributed by atoms with Crippen LogP contribution in [0, 0.1) is 5.82 Å². The van der Waals surface area contributed by atoms with Crippen LogP contribution in [0.1, 0.15) is 40.1 Å². The molecule has 0 radical (unpaired) electrons. The van der Waals surface area contributed by atoms with Crippen molar-refractivity contribution in [3.05, 3.63) is 83.3 Å². The van der Waals surface area contributed by atoms with Gasteiger partial charge in [-0.2, -0.15) is 13.2 Å². The van der Waals surface area contributed by atoms with E-state index < -0.39 is 29.7 Å². The molecule has 8 nitrogen and oxygen atoms in total. The predicted molar refractivity (Wildman–Crippen MR) is 125 cm³/mol. The van der Waals surface area contributed by atoms with Crippen LogP contribution < -0.4 is 5.32 Å². The van der Waals surface area contributed by atoms with Crippen molar-refractivity contribution < 1.29 is 27.5 Å². The number of imidazole rings is 1. The second-order valence-corrected chi connectivity index (χ2v) is 8.80. The Kier molecular flexibility index (Phi) is 5.23. The maximum atomic E-state index is 13.8. The zero-order valence-corrected chi connectivity index (χ0v) is 19.0.